The van der Waals surface area contributed by atoms with E-state index in [4.69, 9.17) is 13.8 Å². The van der Waals surface area contributed by atoms with Crippen LogP contribution < -0.4 is 10.2 Å². The summed E-state index contributed by atoms with van der Waals surface area (Å²) < 4.78 is 30.1. The molecule has 0 aromatic heterocycles. The Hall–Kier alpha value is -3.07. The minimum atomic E-state index is -4.70. The van der Waals surface area contributed by atoms with Crippen LogP contribution in [0.1, 0.15) is 226 Å². The molecular weight excluding hydrogens is 904 g/mol. The molecule has 1 amide bonds. The Morgan fingerprint density at radius 2 is 0.915 bits per heavy atom. The Morgan fingerprint density at radius 3 is 1.41 bits per heavy atom. The molecule has 0 heterocycles. The van der Waals surface area contributed by atoms with Gasteiger partial charge in [-0.2, -0.15) is 0 Å². The summed E-state index contributed by atoms with van der Waals surface area (Å²) in [6, 6.07) is -0.906. The molecule has 0 fully saturated rings. The maximum Gasteiger partial charge on any atom is 0.306 e. The summed E-state index contributed by atoms with van der Waals surface area (Å²) in [7, 11) is 1.15. The number of hydrogen-bond donors (Lipinski definition) is 1. The van der Waals surface area contributed by atoms with Gasteiger partial charge in [0.05, 0.1) is 33.8 Å². The Kier molecular flexibility index (Phi) is 48.3. The van der Waals surface area contributed by atoms with E-state index in [0.717, 1.165) is 128 Å². The van der Waals surface area contributed by atoms with E-state index in [0.29, 0.717) is 23.9 Å². The number of amides is 1. The van der Waals surface area contributed by atoms with Crippen LogP contribution in [-0.4, -0.2) is 69.4 Å². The number of carbonyl (C=O) groups excluding carboxylic acids is 2. The van der Waals surface area contributed by atoms with E-state index in [1.54, 1.807) is 0 Å². The Morgan fingerprint density at radius 1 is 0.507 bits per heavy atom. The molecule has 3 atom stereocenters. The second-order valence-electron chi connectivity index (χ2n) is 20.1. The van der Waals surface area contributed by atoms with Crippen LogP contribution in [0.5, 0.6) is 0 Å². The molecule has 9 nitrogen and oxygen atoms in total. The highest BCUT2D eigenvalue weighted by molar-refractivity contribution is 7.45. The third kappa shape index (κ3) is 51.6. The van der Waals surface area contributed by atoms with E-state index in [9.17, 15) is 19.0 Å². The average molecular weight is 1010 g/mol. The summed E-state index contributed by atoms with van der Waals surface area (Å²) >= 11 is 0. The van der Waals surface area contributed by atoms with Gasteiger partial charge in [0.25, 0.3) is 7.82 Å². The number of esters is 1. The highest BCUT2D eigenvalue weighted by atomic mass is 31.2. The smallest absolute Gasteiger partial charge is 0.306 e. The summed E-state index contributed by atoms with van der Waals surface area (Å²) in [5.41, 5.74) is 0. The van der Waals surface area contributed by atoms with Crippen molar-refractivity contribution in [2.24, 2.45) is 0 Å². The normalized spacial score (nSPS) is 14.5. The zero-order valence-corrected chi connectivity index (χ0v) is 47.3. The van der Waals surface area contributed by atoms with Gasteiger partial charge in [-0.15, -0.1) is 0 Å². The Labute approximate surface area is 437 Å². The number of phosphoric acid groups is 1. The molecule has 0 aliphatic heterocycles. The molecule has 0 aromatic carbocycles. The van der Waals surface area contributed by atoms with Gasteiger partial charge in [0, 0.05) is 12.8 Å². The first-order valence-electron chi connectivity index (χ1n) is 28.5. The molecule has 1 N–H and O–H groups in total. The van der Waals surface area contributed by atoms with Crippen molar-refractivity contribution in [3.05, 3.63) is 97.2 Å². The number of rotatable bonds is 50. The first-order chi connectivity index (χ1) is 34.4. The van der Waals surface area contributed by atoms with Crippen LogP contribution in [0.25, 0.3) is 0 Å². The number of likely N-dealkylation sites (N-methyl/N-ethyl adjacent to an activating group) is 1. The van der Waals surface area contributed by atoms with Crippen LogP contribution in [-0.2, 0) is 27.9 Å². The number of ether oxygens (including phenoxy) is 1. The van der Waals surface area contributed by atoms with E-state index in [-0.39, 0.29) is 24.9 Å². The lowest BCUT2D eigenvalue weighted by Gasteiger charge is -2.30. The molecule has 10 heteroatoms. The van der Waals surface area contributed by atoms with Gasteiger partial charge in [0.1, 0.15) is 19.3 Å². The second-order valence-corrected chi connectivity index (χ2v) is 21.5. The Balaban J connectivity index is 5.28. The summed E-state index contributed by atoms with van der Waals surface area (Å²) in [6.45, 7) is 6.63. The van der Waals surface area contributed by atoms with Gasteiger partial charge >= 0.3 is 5.97 Å². The van der Waals surface area contributed by atoms with Crippen molar-refractivity contribution in [3.8, 4) is 0 Å². The first-order valence-corrected chi connectivity index (χ1v) is 30.0. The zero-order chi connectivity index (χ0) is 52.2. The molecule has 0 aliphatic rings. The fourth-order valence-corrected chi connectivity index (χ4v) is 8.29. The van der Waals surface area contributed by atoms with Crippen molar-refractivity contribution >= 4 is 19.7 Å². The van der Waals surface area contributed by atoms with Crippen molar-refractivity contribution in [2.45, 2.75) is 238 Å². The number of hydrogen-bond acceptors (Lipinski definition) is 7. The molecule has 3 unspecified atom stereocenters. The maximum atomic E-state index is 13.4. The molecule has 0 spiro atoms. The highest BCUT2D eigenvalue weighted by Gasteiger charge is 2.27. The fourth-order valence-electron chi connectivity index (χ4n) is 7.56. The molecular formula is C61H107N2O7P. The third-order valence-electron chi connectivity index (χ3n) is 12.0. The van der Waals surface area contributed by atoms with Gasteiger partial charge in [-0.25, -0.2) is 0 Å². The van der Waals surface area contributed by atoms with Crippen LogP contribution >= 0.6 is 7.82 Å². The summed E-state index contributed by atoms with van der Waals surface area (Å²) in [6.07, 6.45) is 66.6. The molecule has 0 rings (SSSR count). The standard InChI is InChI=1S/C61H107N2O7P/c1-7-10-13-16-19-22-25-26-27-28-29-30-31-32-33-34-35-36-39-42-45-48-51-54-61(65)70-59(52-49-46-43-40-37-23-20-17-14-11-8-2)58(57-69-71(66,67)68-56-55-63(4,5)6)62-60(64)53-50-47-44-41-38-24-21-18-15-12-9-3/h10,13,18-19,21-22,26-27,29-30,32-33,35-36,49,52,58-59H,7-9,11-12,14-17,20,23-25,28,31,34,37-48,50-51,53-57H2,1-6H3,(H-,62,64,66,67)/b13-10-,21-18-,22-19-,27-26-,30-29-,33-32-,36-35-,52-49-. The predicted molar refractivity (Wildman–Crippen MR) is 302 cm³/mol. The molecule has 0 saturated heterocycles. The van der Waals surface area contributed by atoms with E-state index in [1.807, 2.05) is 33.3 Å². The van der Waals surface area contributed by atoms with Crippen molar-refractivity contribution in [1.82, 2.24) is 5.32 Å². The molecule has 0 aromatic rings. The van der Waals surface area contributed by atoms with E-state index < -0.39 is 26.6 Å². The van der Waals surface area contributed by atoms with Crippen LogP contribution in [0.4, 0.5) is 0 Å². The highest BCUT2D eigenvalue weighted by Crippen LogP contribution is 2.38. The van der Waals surface area contributed by atoms with E-state index in [1.165, 1.54) is 57.8 Å². The monoisotopic (exact) mass is 1010 g/mol. The predicted octanol–water partition coefficient (Wildman–Crippen LogP) is 16.6. The van der Waals surface area contributed by atoms with Crippen LogP contribution in [0.15, 0.2) is 97.2 Å². The third-order valence-corrected chi connectivity index (χ3v) is 13.0. The van der Waals surface area contributed by atoms with Gasteiger partial charge in [-0.1, -0.05) is 208 Å². The minimum absolute atomic E-state index is 0.0328. The van der Waals surface area contributed by atoms with Crippen LogP contribution in [0.2, 0.25) is 0 Å². The molecule has 0 radical (unpaired) electrons. The van der Waals surface area contributed by atoms with Gasteiger partial charge in [-0.05, 0) is 102 Å². The fraction of sp³-hybridized carbons (Fsp3) is 0.705. The topological polar surface area (TPSA) is 114 Å². The van der Waals surface area contributed by atoms with Gasteiger partial charge in [0.2, 0.25) is 5.91 Å². The lowest BCUT2D eigenvalue weighted by Crippen LogP contribution is -2.47. The number of nitrogens with one attached hydrogen (secondary N) is 1. The molecule has 0 saturated carbocycles. The SMILES string of the molecule is CC/C=C\C/C=C\C/C=C\C/C=C\C/C=C\C/C=C\CCCCCCC(=O)OC(/C=C\CCCCCCCCCCC)C(COP(=O)([O-])OCC[N+](C)(C)C)NC(=O)CCCCCCC/C=C\CCCC. The van der Waals surface area contributed by atoms with Crippen molar-refractivity contribution < 1.29 is 37.3 Å². The van der Waals surface area contributed by atoms with Gasteiger partial charge < -0.3 is 28.5 Å². The number of allylic oxidation sites excluding steroid dienone is 15. The quantitative estimate of drug-likeness (QED) is 0.0212. The Bertz CT molecular complexity index is 1540. The van der Waals surface area contributed by atoms with Crippen molar-refractivity contribution in [3.63, 3.8) is 0 Å². The first kappa shape index (κ1) is 67.9. The van der Waals surface area contributed by atoms with Crippen LogP contribution in [0, 0.1) is 0 Å². The molecule has 71 heavy (non-hydrogen) atoms. The number of nitrogens with zero attached hydrogens (tertiary/aromatic N) is 1. The van der Waals surface area contributed by atoms with Crippen molar-refractivity contribution in [1.29, 1.82) is 0 Å². The number of unbranched alkanes of at least 4 members (excludes halogenated alkanes) is 20. The average Bonchev–Trinajstić information content (AvgIpc) is 3.33. The maximum absolute atomic E-state index is 13.4. The minimum Gasteiger partial charge on any atom is -0.756 e. The lowest BCUT2D eigenvalue weighted by molar-refractivity contribution is -0.870. The van der Waals surface area contributed by atoms with E-state index in [2.05, 4.69) is 111 Å². The second kappa shape index (κ2) is 50.5. The zero-order valence-electron chi connectivity index (χ0n) is 46.4. The summed E-state index contributed by atoms with van der Waals surface area (Å²) in [5.74, 6) is -0.590. The number of carbonyl (C=O) groups is 2. The van der Waals surface area contributed by atoms with Crippen LogP contribution in [0.3, 0.4) is 0 Å². The van der Waals surface area contributed by atoms with E-state index >= 15 is 0 Å². The molecule has 0 aliphatic carbocycles. The summed E-state index contributed by atoms with van der Waals surface area (Å²) in [4.78, 5) is 39.8. The lowest BCUT2D eigenvalue weighted by atomic mass is 10.1. The number of quaternary nitrogens is 1. The number of phosphoric ester groups is 1. The molecule has 408 valence electrons. The summed E-state index contributed by atoms with van der Waals surface area (Å²) in [5, 5.41) is 3.00. The van der Waals surface area contributed by atoms with Gasteiger partial charge in [-0.3, -0.25) is 14.2 Å². The van der Waals surface area contributed by atoms with Crippen molar-refractivity contribution in [2.75, 3.05) is 40.9 Å². The van der Waals surface area contributed by atoms with Gasteiger partial charge in [0.15, 0.2) is 0 Å². The largest absolute Gasteiger partial charge is 0.756 e. The molecule has 0 bridgehead atoms.